The van der Waals surface area contributed by atoms with Crippen LogP contribution >= 0.6 is 0 Å². The maximum atomic E-state index is 11.3. The Hall–Kier alpha value is -1.42. The first-order valence-electron chi connectivity index (χ1n) is 8.02. The van der Waals surface area contributed by atoms with E-state index in [1.54, 1.807) is 0 Å². The number of nitrogens with zero attached hydrogens (tertiary/aromatic N) is 1. The average Bonchev–Trinajstić information content (AvgIpc) is 3.08. The molecule has 0 bridgehead atoms. The molecule has 0 amide bonds. The molecule has 0 aromatic carbocycles. The largest absolute Gasteiger partial charge is 0.456 e. The third-order valence-electron chi connectivity index (χ3n) is 5.17. The second-order valence-electron chi connectivity index (χ2n) is 6.50. The number of fused-ring (bicyclic) bond motifs is 4. The van der Waals surface area contributed by atoms with E-state index in [0.717, 1.165) is 37.8 Å². The van der Waals surface area contributed by atoms with Crippen molar-refractivity contribution in [2.45, 2.75) is 70.2 Å². The van der Waals surface area contributed by atoms with Gasteiger partial charge in [-0.15, -0.1) is 0 Å². The van der Waals surface area contributed by atoms with Gasteiger partial charge >= 0.3 is 5.97 Å². The van der Waals surface area contributed by atoms with Gasteiger partial charge < -0.3 is 9.47 Å². The molecule has 3 aliphatic rings. The highest BCUT2D eigenvalue weighted by Gasteiger charge is 2.45. The Morgan fingerprint density at radius 1 is 1.38 bits per heavy atom. The molecule has 1 atom stereocenters. The molecule has 1 spiro atoms. The summed E-state index contributed by atoms with van der Waals surface area (Å²) in [5, 5.41) is 0. The van der Waals surface area contributed by atoms with Gasteiger partial charge in [0.15, 0.2) is 0 Å². The van der Waals surface area contributed by atoms with Gasteiger partial charge in [-0.3, -0.25) is 9.78 Å². The zero-order valence-electron chi connectivity index (χ0n) is 12.5. The van der Waals surface area contributed by atoms with Gasteiger partial charge in [0.25, 0.3) is 0 Å². The van der Waals surface area contributed by atoms with Crippen molar-refractivity contribution in [2.24, 2.45) is 0 Å². The molecule has 0 radical (unpaired) electrons. The van der Waals surface area contributed by atoms with Crippen molar-refractivity contribution in [2.75, 3.05) is 0 Å². The van der Waals surface area contributed by atoms with Gasteiger partial charge in [-0.2, -0.15) is 0 Å². The number of ether oxygens (including phenoxy) is 2. The lowest BCUT2D eigenvalue weighted by Crippen LogP contribution is -2.26. The van der Waals surface area contributed by atoms with Crippen LogP contribution in [0.4, 0.5) is 0 Å². The molecule has 1 fully saturated rings. The summed E-state index contributed by atoms with van der Waals surface area (Å²) in [6.45, 7) is 2.16. The summed E-state index contributed by atoms with van der Waals surface area (Å²) in [4.78, 5) is 16.0. The Bertz CT molecular complexity index is 590. The van der Waals surface area contributed by atoms with Crippen LogP contribution in [0.5, 0.6) is 0 Å². The van der Waals surface area contributed by atoms with Gasteiger partial charge in [-0.25, -0.2) is 0 Å². The fourth-order valence-corrected chi connectivity index (χ4v) is 4.36. The van der Waals surface area contributed by atoms with Crippen LogP contribution in [0.3, 0.4) is 0 Å². The Kier molecular flexibility index (Phi) is 3.03. The Morgan fingerprint density at radius 2 is 2.19 bits per heavy atom. The number of hydrogen-bond acceptors (Lipinski definition) is 4. The zero-order valence-corrected chi connectivity index (χ0v) is 12.5. The molecule has 1 unspecified atom stereocenters. The summed E-state index contributed by atoms with van der Waals surface area (Å²) in [5.74, 6) is -0.220. The topological polar surface area (TPSA) is 48.4 Å². The first-order chi connectivity index (χ1) is 10.2. The highest BCUT2D eigenvalue weighted by Crippen LogP contribution is 2.51. The first kappa shape index (κ1) is 13.3. The zero-order chi connectivity index (χ0) is 14.4. The fraction of sp³-hybridized carbons (Fsp3) is 0.647. The molecule has 1 aromatic rings. The molecular formula is C17H21NO3. The summed E-state index contributed by atoms with van der Waals surface area (Å²) in [6, 6.07) is 0. The van der Waals surface area contributed by atoms with Crippen LogP contribution < -0.4 is 0 Å². The molecule has 1 aliphatic heterocycles. The molecular weight excluding hydrogens is 266 g/mol. The third kappa shape index (κ3) is 2.00. The smallest absolute Gasteiger partial charge is 0.303 e. The lowest BCUT2D eigenvalue weighted by Gasteiger charge is -2.31. The summed E-state index contributed by atoms with van der Waals surface area (Å²) in [6.07, 6.45) is 9.47. The summed E-state index contributed by atoms with van der Waals surface area (Å²) in [5.41, 5.74) is 4.86. The number of rotatable bonds is 1. The van der Waals surface area contributed by atoms with Crippen LogP contribution in [0.1, 0.15) is 73.9 Å². The van der Waals surface area contributed by atoms with Crippen molar-refractivity contribution < 1.29 is 14.3 Å². The number of hydrogen-bond donors (Lipinski definition) is 0. The van der Waals surface area contributed by atoms with Gasteiger partial charge in [0.05, 0.1) is 17.9 Å². The van der Waals surface area contributed by atoms with Gasteiger partial charge in [0.1, 0.15) is 6.10 Å². The number of aromatic nitrogens is 1. The van der Waals surface area contributed by atoms with Crippen molar-refractivity contribution in [3.05, 3.63) is 28.6 Å². The minimum Gasteiger partial charge on any atom is -0.456 e. The normalized spacial score (nSPS) is 25.7. The van der Waals surface area contributed by atoms with Crippen molar-refractivity contribution in [1.82, 2.24) is 4.98 Å². The summed E-state index contributed by atoms with van der Waals surface area (Å²) in [7, 11) is 0. The van der Waals surface area contributed by atoms with Crippen molar-refractivity contribution in [3.63, 3.8) is 0 Å². The Balaban J connectivity index is 1.81. The minimum absolute atomic E-state index is 0.0690. The van der Waals surface area contributed by atoms with Crippen molar-refractivity contribution >= 4 is 5.97 Å². The van der Waals surface area contributed by atoms with Crippen LogP contribution in [-0.2, 0) is 32.9 Å². The predicted molar refractivity (Wildman–Crippen MR) is 76.6 cm³/mol. The van der Waals surface area contributed by atoms with E-state index in [9.17, 15) is 4.79 Å². The maximum absolute atomic E-state index is 11.3. The molecule has 1 saturated carbocycles. The van der Waals surface area contributed by atoms with Gasteiger partial charge in [-0.1, -0.05) is 12.8 Å². The van der Waals surface area contributed by atoms with E-state index < -0.39 is 0 Å². The van der Waals surface area contributed by atoms with Gasteiger partial charge in [-0.05, 0) is 43.2 Å². The second kappa shape index (κ2) is 4.80. The highest BCUT2D eigenvalue weighted by atomic mass is 16.5. The maximum Gasteiger partial charge on any atom is 0.303 e. The number of pyridine rings is 1. The quantitative estimate of drug-likeness (QED) is 0.743. The van der Waals surface area contributed by atoms with Crippen molar-refractivity contribution in [1.29, 1.82) is 0 Å². The van der Waals surface area contributed by atoms with Crippen molar-refractivity contribution in [3.8, 4) is 0 Å². The third-order valence-corrected chi connectivity index (χ3v) is 5.17. The molecule has 4 heteroatoms. The number of carbonyl (C=O) groups is 1. The van der Waals surface area contributed by atoms with E-state index in [4.69, 9.17) is 9.47 Å². The van der Waals surface area contributed by atoms with Crippen LogP contribution in [0.25, 0.3) is 0 Å². The molecule has 4 nitrogen and oxygen atoms in total. The van der Waals surface area contributed by atoms with Crippen LogP contribution in [0, 0.1) is 0 Å². The lowest BCUT2D eigenvalue weighted by atomic mass is 9.81. The molecule has 1 aromatic heterocycles. The summed E-state index contributed by atoms with van der Waals surface area (Å²) >= 11 is 0. The highest BCUT2D eigenvalue weighted by molar-refractivity contribution is 5.66. The van der Waals surface area contributed by atoms with Gasteiger partial charge in [0, 0.05) is 18.7 Å². The van der Waals surface area contributed by atoms with E-state index in [1.807, 2.05) is 6.20 Å². The van der Waals surface area contributed by atoms with E-state index in [1.165, 1.54) is 36.5 Å². The Labute approximate surface area is 124 Å². The van der Waals surface area contributed by atoms with E-state index in [0.29, 0.717) is 6.61 Å². The van der Waals surface area contributed by atoms with Gasteiger partial charge in [0.2, 0.25) is 0 Å². The molecule has 112 valence electrons. The first-order valence-corrected chi connectivity index (χ1v) is 8.02. The monoisotopic (exact) mass is 287 g/mol. The minimum atomic E-state index is -0.220. The molecule has 2 aliphatic carbocycles. The Morgan fingerprint density at radius 3 is 2.95 bits per heavy atom. The van der Waals surface area contributed by atoms with Crippen LogP contribution in [0.2, 0.25) is 0 Å². The second-order valence-corrected chi connectivity index (χ2v) is 6.50. The average molecular weight is 287 g/mol. The molecule has 4 rings (SSSR count). The molecule has 21 heavy (non-hydrogen) atoms. The molecule has 0 saturated heterocycles. The van der Waals surface area contributed by atoms with E-state index >= 15 is 0 Å². The molecule has 0 N–H and O–H groups in total. The SMILES string of the molecule is CC(=O)OC1CCCc2c1ncc1c2C2(CCCC2)OC1. The number of esters is 1. The van der Waals surface area contributed by atoms with E-state index in [2.05, 4.69) is 4.98 Å². The predicted octanol–water partition coefficient (Wildman–Crippen LogP) is 3.32. The van der Waals surface area contributed by atoms with E-state index in [-0.39, 0.29) is 17.7 Å². The lowest BCUT2D eigenvalue weighted by molar-refractivity contribution is -0.147. The molecule has 2 heterocycles. The fourth-order valence-electron chi connectivity index (χ4n) is 4.36. The summed E-state index contributed by atoms with van der Waals surface area (Å²) < 4.78 is 11.7. The number of carbonyl (C=O) groups excluding carboxylic acids is 1. The standard InChI is InChI=1S/C17H21NO3/c1-11(19)21-14-6-4-5-13-15-12(9-18-16(13)14)10-20-17(15)7-2-3-8-17/h9,14H,2-8,10H2,1H3. The van der Waals surface area contributed by atoms with Crippen LogP contribution in [-0.4, -0.2) is 11.0 Å². The van der Waals surface area contributed by atoms with Crippen LogP contribution in [0.15, 0.2) is 6.20 Å².